The number of thiazole rings is 1. The zero-order valence-corrected chi connectivity index (χ0v) is 13.8. The predicted octanol–water partition coefficient (Wildman–Crippen LogP) is 3.55. The predicted molar refractivity (Wildman–Crippen MR) is 80.8 cm³/mol. The Hall–Kier alpha value is -0.450. The van der Waals surface area contributed by atoms with E-state index in [4.69, 9.17) is 4.74 Å². The first-order chi connectivity index (χ1) is 8.73. The molecule has 0 radical (unpaired) electrons. The summed E-state index contributed by atoms with van der Waals surface area (Å²) in [5.74, 6) is 0. The minimum absolute atomic E-state index is 0.0632. The highest BCUT2D eigenvalue weighted by molar-refractivity contribution is 7.09. The second kappa shape index (κ2) is 6.33. The van der Waals surface area contributed by atoms with Crippen LogP contribution in [0.25, 0.3) is 0 Å². The first-order valence-electron chi connectivity index (χ1n) is 6.99. The molecule has 19 heavy (non-hydrogen) atoms. The number of aliphatic hydroxyl groups excluding tert-OH is 1. The van der Waals surface area contributed by atoms with Crippen LogP contribution < -0.4 is 0 Å². The van der Waals surface area contributed by atoms with Gasteiger partial charge in [-0.15, -0.1) is 11.3 Å². The summed E-state index contributed by atoms with van der Waals surface area (Å²) >= 11 is 1.62. The van der Waals surface area contributed by atoms with E-state index in [2.05, 4.69) is 31.1 Å². The van der Waals surface area contributed by atoms with Crippen LogP contribution in [-0.2, 0) is 16.6 Å². The standard InChI is InChI=1S/C15H27NO2S/c1-7-15(6,18-8-2)12(17)9-13-16-11(10-19-13)14(3,4)5/h10,12,17H,7-9H2,1-6H3. The molecule has 2 atom stereocenters. The van der Waals surface area contributed by atoms with Crippen molar-refractivity contribution in [3.05, 3.63) is 16.1 Å². The molecule has 0 saturated carbocycles. The maximum Gasteiger partial charge on any atom is 0.0955 e. The summed E-state index contributed by atoms with van der Waals surface area (Å²) in [5, 5.41) is 13.5. The third-order valence-electron chi connectivity index (χ3n) is 3.57. The molecule has 0 fully saturated rings. The fourth-order valence-corrected chi connectivity index (χ4v) is 2.95. The van der Waals surface area contributed by atoms with E-state index >= 15 is 0 Å². The molecule has 2 unspecified atom stereocenters. The minimum atomic E-state index is -0.517. The second-order valence-corrected chi connectivity index (χ2v) is 7.14. The van der Waals surface area contributed by atoms with Crippen molar-refractivity contribution in [1.29, 1.82) is 0 Å². The van der Waals surface area contributed by atoms with Crippen LogP contribution in [0.3, 0.4) is 0 Å². The Bertz CT molecular complexity index is 397. The van der Waals surface area contributed by atoms with Gasteiger partial charge in [-0.05, 0) is 20.3 Å². The molecular formula is C15H27NO2S. The number of hydrogen-bond acceptors (Lipinski definition) is 4. The van der Waals surface area contributed by atoms with Crippen molar-refractivity contribution in [2.45, 2.75) is 71.5 Å². The van der Waals surface area contributed by atoms with Crippen LogP contribution in [0.1, 0.15) is 58.7 Å². The monoisotopic (exact) mass is 285 g/mol. The molecule has 0 spiro atoms. The number of aromatic nitrogens is 1. The van der Waals surface area contributed by atoms with Gasteiger partial charge in [-0.25, -0.2) is 4.98 Å². The minimum Gasteiger partial charge on any atom is -0.390 e. The molecule has 0 bridgehead atoms. The van der Waals surface area contributed by atoms with Crippen LogP contribution >= 0.6 is 11.3 Å². The van der Waals surface area contributed by atoms with Gasteiger partial charge in [0.15, 0.2) is 0 Å². The van der Waals surface area contributed by atoms with E-state index in [0.29, 0.717) is 13.0 Å². The summed E-state index contributed by atoms with van der Waals surface area (Å²) in [5.41, 5.74) is 0.671. The summed E-state index contributed by atoms with van der Waals surface area (Å²) in [4.78, 5) is 4.63. The summed E-state index contributed by atoms with van der Waals surface area (Å²) < 4.78 is 5.71. The summed E-state index contributed by atoms with van der Waals surface area (Å²) in [6.45, 7) is 13.0. The zero-order chi connectivity index (χ0) is 14.7. The summed E-state index contributed by atoms with van der Waals surface area (Å²) in [7, 11) is 0. The molecule has 0 aromatic carbocycles. The molecule has 4 heteroatoms. The van der Waals surface area contributed by atoms with Gasteiger partial charge in [-0.1, -0.05) is 27.7 Å². The van der Waals surface area contributed by atoms with E-state index in [0.717, 1.165) is 17.1 Å². The third-order valence-corrected chi connectivity index (χ3v) is 4.44. The van der Waals surface area contributed by atoms with E-state index in [1.165, 1.54) is 0 Å². The van der Waals surface area contributed by atoms with Crippen LogP contribution in [0.5, 0.6) is 0 Å². The molecule has 0 aliphatic rings. The molecule has 1 heterocycles. The van der Waals surface area contributed by atoms with Gasteiger partial charge in [0.05, 0.1) is 22.4 Å². The van der Waals surface area contributed by atoms with Gasteiger partial charge in [-0.2, -0.15) is 0 Å². The highest BCUT2D eigenvalue weighted by Crippen LogP contribution is 2.27. The van der Waals surface area contributed by atoms with Crippen molar-refractivity contribution in [2.75, 3.05) is 6.61 Å². The SMILES string of the molecule is CCOC(C)(CC)C(O)Cc1nc(C(C)(C)C)cs1. The lowest BCUT2D eigenvalue weighted by molar-refractivity contribution is -0.110. The van der Waals surface area contributed by atoms with E-state index in [1.807, 2.05) is 20.8 Å². The van der Waals surface area contributed by atoms with Crippen molar-refractivity contribution in [1.82, 2.24) is 4.98 Å². The van der Waals surface area contributed by atoms with Crippen LogP contribution in [0.2, 0.25) is 0 Å². The molecule has 110 valence electrons. The van der Waals surface area contributed by atoms with Gasteiger partial charge in [0.1, 0.15) is 0 Å². The molecule has 1 aromatic heterocycles. The average molecular weight is 285 g/mol. The van der Waals surface area contributed by atoms with Gasteiger partial charge in [-0.3, -0.25) is 0 Å². The third kappa shape index (κ3) is 4.26. The van der Waals surface area contributed by atoms with Gasteiger partial charge in [0, 0.05) is 23.8 Å². The molecule has 0 amide bonds. The van der Waals surface area contributed by atoms with Gasteiger partial charge in [0.25, 0.3) is 0 Å². The van der Waals surface area contributed by atoms with Gasteiger partial charge >= 0.3 is 0 Å². The van der Waals surface area contributed by atoms with E-state index in [9.17, 15) is 5.11 Å². The van der Waals surface area contributed by atoms with Gasteiger partial charge in [0.2, 0.25) is 0 Å². The van der Waals surface area contributed by atoms with Crippen molar-refractivity contribution < 1.29 is 9.84 Å². The average Bonchev–Trinajstić information content (AvgIpc) is 2.77. The summed E-state index contributed by atoms with van der Waals surface area (Å²) in [6.07, 6.45) is 0.835. The lowest BCUT2D eigenvalue weighted by Gasteiger charge is -2.33. The normalized spacial score (nSPS) is 17.2. The highest BCUT2D eigenvalue weighted by atomic mass is 32.1. The maximum absolute atomic E-state index is 10.4. The molecule has 1 aromatic rings. The smallest absolute Gasteiger partial charge is 0.0955 e. The van der Waals surface area contributed by atoms with E-state index < -0.39 is 11.7 Å². The molecule has 1 rings (SSSR count). The van der Waals surface area contributed by atoms with E-state index in [1.54, 1.807) is 11.3 Å². The molecule has 0 saturated heterocycles. The molecule has 0 aliphatic heterocycles. The number of ether oxygens (including phenoxy) is 1. The van der Waals surface area contributed by atoms with E-state index in [-0.39, 0.29) is 5.41 Å². The first-order valence-corrected chi connectivity index (χ1v) is 7.87. The molecule has 0 aliphatic carbocycles. The Morgan fingerprint density at radius 2 is 1.95 bits per heavy atom. The van der Waals surface area contributed by atoms with Crippen LogP contribution in [0.15, 0.2) is 5.38 Å². The van der Waals surface area contributed by atoms with Crippen LogP contribution in [-0.4, -0.2) is 28.4 Å². The van der Waals surface area contributed by atoms with Crippen molar-refractivity contribution >= 4 is 11.3 Å². The largest absolute Gasteiger partial charge is 0.390 e. The quantitative estimate of drug-likeness (QED) is 0.869. The van der Waals surface area contributed by atoms with Crippen LogP contribution in [0, 0.1) is 0 Å². The Balaban J connectivity index is 2.76. The first kappa shape index (κ1) is 16.6. The maximum atomic E-state index is 10.4. The Kier molecular flexibility index (Phi) is 5.53. The lowest BCUT2D eigenvalue weighted by Crippen LogP contribution is -2.43. The topological polar surface area (TPSA) is 42.4 Å². The van der Waals surface area contributed by atoms with Crippen molar-refractivity contribution in [3.8, 4) is 0 Å². The Morgan fingerprint density at radius 1 is 1.32 bits per heavy atom. The number of rotatable bonds is 6. The molecule has 1 N–H and O–H groups in total. The highest BCUT2D eigenvalue weighted by Gasteiger charge is 2.32. The lowest BCUT2D eigenvalue weighted by atomic mass is 9.92. The fraction of sp³-hybridized carbons (Fsp3) is 0.800. The number of nitrogens with zero attached hydrogens (tertiary/aromatic N) is 1. The second-order valence-electron chi connectivity index (χ2n) is 6.20. The van der Waals surface area contributed by atoms with Crippen molar-refractivity contribution in [3.63, 3.8) is 0 Å². The number of hydrogen-bond donors (Lipinski definition) is 1. The van der Waals surface area contributed by atoms with Crippen molar-refractivity contribution in [2.24, 2.45) is 0 Å². The Labute approximate surface area is 121 Å². The van der Waals surface area contributed by atoms with Crippen LogP contribution in [0.4, 0.5) is 0 Å². The zero-order valence-electron chi connectivity index (χ0n) is 13.0. The fourth-order valence-electron chi connectivity index (χ4n) is 1.89. The Morgan fingerprint density at radius 3 is 2.37 bits per heavy atom. The van der Waals surface area contributed by atoms with Gasteiger partial charge < -0.3 is 9.84 Å². The molecule has 3 nitrogen and oxygen atoms in total. The molecular weight excluding hydrogens is 258 g/mol. The summed E-state index contributed by atoms with van der Waals surface area (Å²) in [6, 6.07) is 0. The number of aliphatic hydroxyl groups is 1.